The molecular formula is C12H16O3. The first-order valence-corrected chi connectivity index (χ1v) is 5.01. The molecule has 0 saturated carbocycles. The third-order valence-corrected chi connectivity index (χ3v) is 2.11. The van der Waals surface area contributed by atoms with Crippen LogP contribution in [0.25, 0.3) is 0 Å². The second kappa shape index (κ2) is 6.19. The van der Waals surface area contributed by atoms with Crippen LogP contribution in [0.4, 0.5) is 0 Å². The molecule has 0 bridgehead atoms. The molecular weight excluding hydrogens is 192 g/mol. The molecule has 0 aliphatic heterocycles. The minimum Gasteiger partial charge on any atom is -0.466 e. The van der Waals surface area contributed by atoms with Crippen LogP contribution >= 0.6 is 0 Å². The molecule has 0 aromatic heterocycles. The maximum absolute atomic E-state index is 11.3. The second-order valence-electron chi connectivity index (χ2n) is 3.14. The Morgan fingerprint density at radius 3 is 2.53 bits per heavy atom. The monoisotopic (exact) mass is 208 g/mol. The molecule has 1 aromatic rings. The number of esters is 1. The van der Waals surface area contributed by atoms with Gasteiger partial charge in [0.1, 0.15) is 0 Å². The average molecular weight is 208 g/mol. The summed E-state index contributed by atoms with van der Waals surface area (Å²) < 4.78 is 10.1. The number of rotatable bonds is 5. The third-order valence-electron chi connectivity index (χ3n) is 2.11. The SMILES string of the molecule is CCOC(=O)C[C@@H](OC)c1ccccc1. The Morgan fingerprint density at radius 1 is 1.33 bits per heavy atom. The van der Waals surface area contributed by atoms with Gasteiger partial charge >= 0.3 is 5.97 Å². The Morgan fingerprint density at radius 2 is 2.00 bits per heavy atom. The quantitative estimate of drug-likeness (QED) is 0.697. The van der Waals surface area contributed by atoms with Crippen LogP contribution in [0.2, 0.25) is 0 Å². The molecule has 1 atom stereocenters. The number of hydrogen-bond acceptors (Lipinski definition) is 3. The van der Waals surface area contributed by atoms with E-state index in [-0.39, 0.29) is 18.5 Å². The Hall–Kier alpha value is -1.35. The molecule has 0 unspecified atom stereocenters. The topological polar surface area (TPSA) is 35.5 Å². The summed E-state index contributed by atoms with van der Waals surface area (Å²) in [5, 5.41) is 0. The number of carbonyl (C=O) groups is 1. The zero-order valence-electron chi connectivity index (χ0n) is 9.10. The summed E-state index contributed by atoms with van der Waals surface area (Å²) in [6.45, 7) is 2.20. The highest BCUT2D eigenvalue weighted by molar-refractivity contribution is 5.70. The molecule has 1 aromatic carbocycles. The molecule has 82 valence electrons. The van der Waals surface area contributed by atoms with Crippen molar-refractivity contribution >= 4 is 5.97 Å². The zero-order valence-corrected chi connectivity index (χ0v) is 9.10. The fraction of sp³-hybridized carbons (Fsp3) is 0.417. The Balaban J connectivity index is 2.61. The van der Waals surface area contributed by atoms with Gasteiger partial charge in [0.15, 0.2) is 0 Å². The van der Waals surface area contributed by atoms with E-state index in [1.54, 1.807) is 14.0 Å². The highest BCUT2D eigenvalue weighted by Crippen LogP contribution is 2.20. The first kappa shape index (κ1) is 11.7. The molecule has 0 radical (unpaired) electrons. The Kier molecular flexibility index (Phi) is 4.84. The van der Waals surface area contributed by atoms with Gasteiger partial charge < -0.3 is 9.47 Å². The first-order chi connectivity index (χ1) is 7.27. The van der Waals surface area contributed by atoms with E-state index in [1.807, 2.05) is 30.3 Å². The summed E-state index contributed by atoms with van der Waals surface area (Å²) in [6.07, 6.45) is 0.0409. The number of ether oxygens (including phenoxy) is 2. The van der Waals surface area contributed by atoms with E-state index >= 15 is 0 Å². The van der Waals surface area contributed by atoms with Gasteiger partial charge in [-0.2, -0.15) is 0 Å². The van der Waals surface area contributed by atoms with Crippen molar-refractivity contribution in [3.05, 3.63) is 35.9 Å². The Bertz CT molecular complexity index is 295. The summed E-state index contributed by atoms with van der Waals surface area (Å²) in [6, 6.07) is 9.65. The molecule has 0 amide bonds. The Labute approximate surface area is 90.0 Å². The molecule has 0 spiro atoms. The van der Waals surface area contributed by atoms with Crippen molar-refractivity contribution < 1.29 is 14.3 Å². The van der Waals surface area contributed by atoms with Crippen molar-refractivity contribution in [1.29, 1.82) is 0 Å². The summed E-state index contributed by atoms with van der Waals surface area (Å²) in [5.41, 5.74) is 0.994. The molecule has 3 heteroatoms. The van der Waals surface area contributed by atoms with Crippen molar-refractivity contribution in [3.63, 3.8) is 0 Å². The van der Waals surface area contributed by atoms with Crippen LogP contribution in [0.3, 0.4) is 0 Å². The molecule has 0 heterocycles. The minimum absolute atomic E-state index is 0.217. The molecule has 3 nitrogen and oxygen atoms in total. The maximum Gasteiger partial charge on any atom is 0.308 e. The van der Waals surface area contributed by atoms with Crippen LogP contribution < -0.4 is 0 Å². The van der Waals surface area contributed by atoms with Crippen molar-refractivity contribution in [2.45, 2.75) is 19.4 Å². The van der Waals surface area contributed by atoms with Gasteiger partial charge in [-0.05, 0) is 12.5 Å². The first-order valence-electron chi connectivity index (χ1n) is 5.01. The average Bonchev–Trinajstić information content (AvgIpc) is 2.27. The van der Waals surface area contributed by atoms with E-state index in [4.69, 9.17) is 9.47 Å². The predicted octanol–water partition coefficient (Wildman–Crippen LogP) is 2.33. The van der Waals surface area contributed by atoms with Crippen LogP contribution in [-0.2, 0) is 14.3 Å². The number of benzene rings is 1. The van der Waals surface area contributed by atoms with Gasteiger partial charge in [-0.1, -0.05) is 30.3 Å². The van der Waals surface area contributed by atoms with Gasteiger partial charge in [-0.15, -0.1) is 0 Å². The molecule has 0 N–H and O–H groups in total. The van der Waals surface area contributed by atoms with Gasteiger partial charge in [-0.3, -0.25) is 4.79 Å². The highest BCUT2D eigenvalue weighted by atomic mass is 16.5. The number of hydrogen-bond donors (Lipinski definition) is 0. The van der Waals surface area contributed by atoms with E-state index in [1.165, 1.54) is 0 Å². The summed E-state index contributed by atoms with van der Waals surface area (Å²) in [5.74, 6) is -0.229. The fourth-order valence-corrected chi connectivity index (χ4v) is 1.38. The van der Waals surface area contributed by atoms with E-state index in [0.29, 0.717) is 6.61 Å². The molecule has 0 aliphatic carbocycles. The minimum atomic E-state index is -0.229. The molecule has 0 saturated heterocycles. The van der Waals surface area contributed by atoms with E-state index < -0.39 is 0 Å². The fourth-order valence-electron chi connectivity index (χ4n) is 1.38. The van der Waals surface area contributed by atoms with Gasteiger partial charge in [0.25, 0.3) is 0 Å². The van der Waals surface area contributed by atoms with E-state index in [0.717, 1.165) is 5.56 Å². The summed E-state index contributed by atoms with van der Waals surface area (Å²) >= 11 is 0. The van der Waals surface area contributed by atoms with Crippen LogP contribution in [0.1, 0.15) is 25.0 Å². The lowest BCUT2D eigenvalue weighted by molar-refractivity contribution is -0.146. The highest BCUT2D eigenvalue weighted by Gasteiger charge is 2.15. The summed E-state index contributed by atoms with van der Waals surface area (Å²) in [7, 11) is 1.59. The third kappa shape index (κ3) is 3.72. The van der Waals surface area contributed by atoms with Crippen molar-refractivity contribution in [2.24, 2.45) is 0 Å². The lowest BCUT2D eigenvalue weighted by atomic mass is 10.1. The van der Waals surface area contributed by atoms with Gasteiger partial charge in [-0.25, -0.2) is 0 Å². The van der Waals surface area contributed by atoms with Gasteiger partial charge in [0, 0.05) is 7.11 Å². The van der Waals surface area contributed by atoms with Crippen molar-refractivity contribution in [1.82, 2.24) is 0 Å². The summed E-state index contributed by atoms with van der Waals surface area (Å²) in [4.78, 5) is 11.3. The maximum atomic E-state index is 11.3. The molecule has 1 rings (SSSR count). The lowest BCUT2D eigenvalue weighted by Gasteiger charge is -2.14. The lowest BCUT2D eigenvalue weighted by Crippen LogP contribution is -2.11. The van der Waals surface area contributed by atoms with Crippen molar-refractivity contribution in [3.8, 4) is 0 Å². The predicted molar refractivity (Wildman–Crippen MR) is 57.4 cm³/mol. The standard InChI is InChI=1S/C12H16O3/c1-3-15-12(13)9-11(14-2)10-7-5-4-6-8-10/h4-8,11H,3,9H2,1-2H3/t11-/m1/s1. The molecule has 0 fully saturated rings. The normalized spacial score (nSPS) is 12.1. The van der Waals surface area contributed by atoms with Crippen LogP contribution in [-0.4, -0.2) is 19.7 Å². The van der Waals surface area contributed by atoms with E-state index in [2.05, 4.69) is 0 Å². The zero-order chi connectivity index (χ0) is 11.1. The smallest absolute Gasteiger partial charge is 0.308 e. The molecule has 15 heavy (non-hydrogen) atoms. The second-order valence-corrected chi connectivity index (χ2v) is 3.14. The van der Waals surface area contributed by atoms with Gasteiger partial charge in [0.05, 0.1) is 19.1 Å². The van der Waals surface area contributed by atoms with Crippen LogP contribution in [0.5, 0.6) is 0 Å². The van der Waals surface area contributed by atoms with Crippen LogP contribution in [0.15, 0.2) is 30.3 Å². The number of carbonyl (C=O) groups excluding carboxylic acids is 1. The van der Waals surface area contributed by atoms with E-state index in [9.17, 15) is 4.79 Å². The molecule has 0 aliphatic rings. The van der Waals surface area contributed by atoms with Gasteiger partial charge in [0.2, 0.25) is 0 Å². The van der Waals surface area contributed by atoms with Crippen molar-refractivity contribution in [2.75, 3.05) is 13.7 Å². The largest absolute Gasteiger partial charge is 0.466 e. The number of methoxy groups -OCH3 is 1. The van der Waals surface area contributed by atoms with Crippen LogP contribution in [0, 0.1) is 0 Å².